The van der Waals surface area contributed by atoms with Crippen LogP contribution >= 0.6 is 0 Å². The van der Waals surface area contributed by atoms with E-state index < -0.39 is 5.82 Å². The van der Waals surface area contributed by atoms with Crippen LogP contribution in [0.2, 0.25) is 0 Å². The Morgan fingerprint density at radius 1 is 1.06 bits per heavy atom. The first-order chi connectivity index (χ1) is 17.1. The predicted octanol–water partition coefficient (Wildman–Crippen LogP) is 5.52. The molecule has 0 aliphatic heterocycles. The molecule has 0 saturated carbocycles. The molecule has 2 N–H and O–H groups in total. The van der Waals surface area contributed by atoms with Gasteiger partial charge in [-0.3, -0.25) is 9.78 Å². The quantitative estimate of drug-likeness (QED) is 0.295. The van der Waals surface area contributed by atoms with Gasteiger partial charge in [0.25, 0.3) is 0 Å². The first-order valence-electron chi connectivity index (χ1n) is 11.2. The first-order valence-corrected chi connectivity index (χ1v) is 11.2. The zero-order valence-electron chi connectivity index (χ0n) is 19.0. The van der Waals surface area contributed by atoms with Crippen LogP contribution in [0.4, 0.5) is 4.39 Å². The van der Waals surface area contributed by atoms with Crippen LogP contribution in [0.5, 0.6) is 5.75 Å². The van der Waals surface area contributed by atoms with Crippen molar-refractivity contribution >= 4 is 27.9 Å². The Bertz CT molecular complexity index is 1520. The van der Waals surface area contributed by atoms with Gasteiger partial charge in [0.1, 0.15) is 23.5 Å². The van der Waals surface area contributed by atoms with E-state index in [9.17, 15) is 4.79 Å². The fourth-order valence-corrected chi connectivity index (χ4v) is 4.14. The highest BCUT2D eigenvalue weighted by atomic mass is 19.1. The SMILES string of the molecule is CCOC(=O)Cc1ccccc1OCc1coc2c1cc(-c1ccnc(CN)c1F)c1occc12. The van der Waals surface area contributed by atoms with Crippen molar-refractivity contribution in [3.05, 3.63) is 83.8 Å². The lowest BCUT2D eigenvalue weighted by Gasteiger charge is -2.11. The third-order valence-electron chi connectivity index (χ3n) is 5.79. The lowest BCUT2D eigenvalue weighted by Crippen LogP contribution is -2.09. The van der Waals surface area contributed by atoms with Crippen molar-refractivity contribution in [3.8, 4) is 16.9 Å². The average Bonchev–Trinajstić information content (AvgIpc) is 3.50. The molecule has 178 valence electrons. The van der Waals surface area contributed by atoms with Gasteiger partial charge in [-0.15, -0.1) is 0 Å². The Hall–Kier alpha value is -4.17. The minimum Gasteiger partial charge on any atom is -0.488 e. The summed E-state index contributed by atoms with van der Waals surface area (Å²) in [5.74, 6) is -0.228. The number of carbonyl (C=O) groups is 1. The van der Waals surface area contributed by atoms with Crippen LogP contribution in [0.25, 0.3) is 33.1 Å². The molecular formula is C27H23FN2O5. The number of fused-ring (bicyclic) bond motifs is 3. The zero-order chi connectivity index (χ0) is 24.4. The smallest absolute Gasteiger partial charge is 0.310 e. The molecule has 3 heterocycles. The summed E-state index contributed by atoms with van der Waals surface area (Å²) >= 11 is 0. The number of benzene rings is 2. The number of furan rings is 2. The number of aromatic nitrogens is 1. The van der Waals surface area contributed by atoms with Gasteiger partial charge in [0.05, 0.1) is 36.6 Å². The number of nitrogens with zero attached hydrogens (tertiary/aromatic N) is 1. The van der Waals surface area contributed by atoms with Gasteiger partial charge in [0, 0.05) is 40.4 Å². The van der Waals surface area contributed by atoms with Crippen molar-refractivity contribution in [1.82, 2.24) is 4.98 Å². The van der Waals surface area contributed by atoms with Gasteiger partial charge in [-0.1, -0.05) is 18.2 Å². The number of ether oxygens (including phenoxy) is 2. The minimum absolute atomic E-state index is 0.0147. The molecule has 3 aromatic heterocycles. The lowest BCUT2D eigenvalue weighted by molar-refractivity contribution is -0.142. The number of carbonyl (C=O) groups excluding carboxylic acids is 1. The van der Waals surface area contributed by atoms with Crippen LogP contribution in [0.15, 0.2) is 70.0 Å². The second-order valence-corrected chi connectivity index (χ2v) is 7.93. The Morgan fingerprint density at radius 2 is 1.91 bits per heavy atom. The van der Waals surface area contributed by atoms with Crippen LogP contribution in [0.1, 0.15) is 23.7 Å². The number of nitrogens with two attached hydrogens (primary N) is 1. The van der Waals surface area contributed by atoms with Crippen molar-refractivity contribution in [3.63, 3.8) is 0 Å². The van der Waals surface area contributed by atoms with Gasteiger partial charge in [0.2, 0.25) is 0 Å². The van der Waals surface area contributed by atoms with Gasteiger partial charge >= 0.3 is 5.97 Å². The summed E-state index contributed by atoms with van der Waals surface area (Å²) in [5.41, 5.74) is 9.36. The van der Waals surface area contributed by atoms with Crippen LogP contribution in [-0.2, 0) is 29.1 Å². The van der Waals surface area contributed by atoms with Gasteiger partial charge in [-0.2, -0.15) is 0 Å². The van der Waals surface area contributed by atoms with E-state index in [0.29, 0.717) is 34.6 Å². The molecule has 0 atom stereocenters. The monoisotopic (exact) mass is 474 g/mol. The molecule has 5 aromatic rings. The summed E-state index contributed by atoms with van der Waals surface area (Å²) in [4.78, 5) is 16.0. The number of pyridine rings is 1. The van der Waals surface area contributed by atoms with Gasteiger partial charge in [-0.25, -0.2) is 4.39 Å². The Balaban J connectivity index is 1.52. The van der Waals surface area contributed by atoms with Crippen LogP contribution < -0.4 is 10.5 Å². The highest BCUT2D eigenvalue weighted by Crippen LogP contribution is 2.39. The largest absolute Gasteiger partial charge is 0.488 e. The summed E-state index contributed by atoms with van der Waals surface area (Å²) in [6.45, 7) is 2.25. The topological polar surface area (TPSA) is 101 Å². The fraction of sp³-hybridized carbons (Fsp3) is 0.185. The maximum absolute atomic E-state index is 15.1. The Labute approximate surface area is 200 Å². The van der Waals surface area contributed by atoms with E-state index in [4.69, 9.17) is 24.0 Å². The lowest BCUT2D eigenvalue weighted by atomic mass is 9.99. The Kier molecular flexibility index (Phi) is 6.20. The summed E-state index contributed by atoms with van der Waals surface area (Å²) in [7, 11) is 0. The Morgan fingerprint density at radius 3 is 2.74 bits per heavy atom. The highest BCUT2D eigenvalue weighted by molar-refractivity contribution is 6.10. The zero-order valence-corrected chi connectivity index (χ0v) is 19.0. The number of halogens is 1. The summed E-state index contributed by atoms with van der Waals surface area (Å²) in [6, 6.07) is 12.5. The second kappa shape index (κ2) is 9.60. The van der Waals surface area contributed by atoms with Crippen LogP contribution in [-0.4, -0.2) is 17.6 Å². The number of rotatable bonds is 8. The van der Waals surface area contributed by atoms with E-state index >= 15 is 4.39 Å². The molecule has 0 radical (unpaired) electrons. The average molecular weight is 474 g/mol. The molecule has 0 bridgehead atoms. The van der Waals surface area contributed by atoms with E-state index in [-0.39, 0.29) is 31.2 Å². The molecule has 0 amide bonds. The summed E-state index contributed by atoms with van der Waals surface area (Å²) in [6.07, 6.45) is 4.80. The molecule has 0 unspecified atom stereocenters. The van der Waals surface area contributed by atoms with Crippen molar-refractivity contribution < 1.29 is 27.5 Å². The molecule has 0 aliphatic carbocycles. The molecule has 0 saturated heterocycles. The second-order valence-electron chi connectivity index (χ2n) is 7.93. The number of hydrogen-bond acceptors (Lipinski definition) is 7. The molecule has 0 aliphatic rings. The number of esters is 1. The van der Waals surface area contributed by atoms with E-state index in [1.807, 2.05) is 24.3 Å². The van der Waals surface area contributed by atoms with Crippen molar-refractivity contribution in [2.45, 2.75) is 26.5 Å². The molecular weight excluding hydrogens is 451 g/mol. The number of para-hydroxylation sites is 1. The third-order valence-corrected chi connectivity index (χ3v) is 5.79. The molecule has 0 fully saturated rings. The summed E-state index contributed by atoms with van der Waals surface area (Å²) in [5, 5.41) is 1.49. The van der Waals surface area contributed by atoms with Gasteiger partial charge in [-0.05, 0) is 31.2 Å². The van der Waals surface area contributed by atoms with Gasteiger partial charge < -0.3 is 24.0 Å². The van der Waals surface area contributed by atoms with E-state index in [1.165, 1.54) is 6.20 Å². The normalized spacial score (nSPS) is 11.3. The predicted molar refractivity (Wildman–Crippen MR) is 128 cm³/mol. The van der Waals surface area contributed by atoms with E-state index in [0.717, 1.165) is 21.9 Å². The molecule has 8 heteroatoms. The maximum atomic E-state index is 15.1. The van der Waals surface area contributed by atoms with Crippen molar-refractivity contribution in [2.24, 2.45) is 5.73 Å². The van der Waals surface area contributed by atoms with Crippen LogP contribution in [0.3, 0.4) is 0 Å². The molecule has 5 rings (SSSR count). The first kappa shape index (κ1) is 22.6. The van der Waals surface area contributed by atoms with E-state index in [1.54, 1.807) is 37.6 Å². The van der Waals surface area contributed by atoms with Crippen molar-refractivity contribution in [2.75, 3.05) is 6.61 Å². The minimum atomic E-state index is -0.485. The number of hydrogen-bond donors (Lipinski definition) is 1. The highest BCUT2D eigenvalue weighted by Gasteiger charge is 2.20. The maximum Gasteiger partial charge on any atom is 0.310 e. The summed E-state index contributed by atoms with van der Waals surface area (Å²) < 4.78 is 37.8. The molecule has 2 aromatic carbocycles. The van der Waals surface area contributed by atoms with Crippen molar-refractivity contribution in [1.29, 1.82) is 0 Å². The molecule has 0 spiro atoms. The van der Waals surface area contributed by atoms with E-state index in [2.05, 4.69) is 4.98 Å². The van der Waals surface area contributed by atoms with Crippen LogP contribution in [0, 0.1) is 5.82 Å². The molecule has 35 heavy (non-hydrogen) atoms. The standard InChI is InChI=1S/C27H23FN2O5/c1-2-32-24(31)11-16-5-3-4-6-23(16)34-14-17-15-35-26-19-8-10-33-27(19)21(12-20(17)26)18-7-9-30-22(13-29)25(18)28/h3-10,12,15H,2,11,13-14,29H2,1H3. The third kappa shape index (κ3) is 4.24. The fourth-order valence-electron chi connectivity index (χ4n) is 4.14. The molecule has 7 nitrogen and oxygen atoms in total. The van der Waals surface area contributed by atoms with Gasteiger partial charge in [0.15, 0.2) is 5.82 Å².